The van der Waals surface area contributed by atoms with Crippen LogP contribution in [0.25, 0.3) is 0 Å². The number of likely N-dealkylation sites (N-methyl/N-ethyl adjacent to an activating group) is 1. The largest absolute Gasteiger partial charge is 0.368 e. The highest BCUT2D eigenvalue weighted by Gasteiger charge is 2.24. The third-order valence-electron chi connectivity index (χ3n) is 5.83. The van der Waals surface area contributed by atoms with Gasteiger partial charge in [0.15, 0.2) is 0 Å². The fourth-order valence-corrected chi connectivity index (χ4v) is 5.61. The van der Waals surface area contributed by atoms with Crippen LogP contribution in [-0.2, 0) is 21.2 Å². The van der Waals surface area contributed by atoms with E-state index in [0.29, 0.717) is 23.6 Å². The number of aliphatic imine (C=N–C) groups is 1. The topological polar surface area (TPSA) is 82.1 Å². The molecule has 1 amide bonds. The van der Waals surface area contributed by atoms with Gasteiger partial charge in [-0.15, -0.1) is 0 Å². The summed E-state index contributed by atoms with van der Waals surface area (Å²) in [7, 11) is -0.524. The Labute approximate surface area is 211 Å². The molecule has 0 bridgehead atoms. The molecule has 0 aromatic heterocycles. The van der Waals surface area contributed by atoms with E-state index in [1.165, 1.54) is 23.5 Å². The molecule has 1 heterocycles. The second-order valence-electron chi connectivity index (χ2n) is 8.38. The van der Waals surface area contributed by atoms with E-state index in [-0.39, 0.29) is 28.8 Å². The van der Waals surface area contributed by atoms with Crippen LogP contribution in [0.15, 0.2) is 46.3 Å². The van der Waals surface area contributed by atoms with Crippen LogP contribution in [0.5, 0.6) is 0 Å². The molecule has 0 unspecified atom stereocenters. The van der Waals surface area contributed by atoms with Gasteiger partial charge in [-0.05, 0) is 43.0 Å². The number of halogens is 2. The standard InChI is InChI=1S/C24H30Cl2N4O3S/c1-17-15-22(21(26)16-20(17)25)34(32,33)30(3)13-4-5-23(31)29(2)14-10-18-6-8-19(9-7-18)24-27-11-12-28-24/h6-9,15-16H,4-5,10-14H2,1-3H3,(H,27,28). The lowest BCUT2D eigenvalue weighted by Crippen LogP contribution is -2.31. The Morgan fingerprint density at radius 1 is 1.09 bits per heavy atom. The summed E-state index contributed by atoms with van der Waals surface area (Å²) in [4.78, 5) is 18.6. The molecular weight excluding hydrogens is 495 g/mol. The fraction of sp³-hybridized carbons (Fsp3) is 0.417. The van der Waals surface area contributed by atoms with E-state index >= 15 is 0 Å². The second-order valence-corrected chi connectivity index (χ2v) is 11.2. The summed E-state index contributed by atoms with van der Waals surface area (Å²) in [6.07, 6.45) is 1.41. The quantitative estimate of drug-likeness (QED) is 0.512. The van der Waals surface area contributed by atoms with Gasteiger partial charge in [-0.2, -0.15) is 0 Å². The molecule has 3 rings (SSSR count). The Kier molecular flexibility index (Phi) is 8.98. The number of hydrogen-bond donors (Lipinski definition) is 1. The molecule has 0 radical (unpaired) electrons. The highest BCUT2D eigenvalue weighted by atomic mass is 35.5. The van der Waals surface area contributed by atoms with Gasteiger partial charge in [0.25, 0.3) is 0 Å². The Balaban J connectivity index is 1.46. The number of nitrogens with one attached hydrogen (secondary N) is 1. The molecule has 10 heteroatoms. The van der Waals surface area contributed by atoms with Gasteiger partial charge in [-0.1, -0.05) is 47.5 Å². The summed E-state index contributed by atoms with van der Waals surface area (Å²) in [5, 5.41) is 3.75. The van der Waals surface area contributed by atoms with Gasteiger partial charge in [0.1, 0.15) is 10.7 Å². The number of carbonyl (C=O) groups is 1. The minimum absolute atomic E-state index is 0.0174. The van der Waals surface area contributed by atoms with Crippen molar-refractivity contribution in [1.29, 1.82) is 0 Å². The summed E-state index contributed by atoms with van der Waals surface area (Å²) in [5.74, 6) is 0.909. The molecule has 34 heavy (non-hydrogen) atoms. The number of amidine groups is 1. The average molecular weight is 526 g/mol. The number of rotatable bonds is 10. The maximum Gasteiger partial charge on any atom is 0.244 e. The highest BCUT2D eigenvalue weighted by molar-refractivity contribution is 7.89. The molecule has 0 aliphatic carbocycles. The van der Waals surface area contributed by atoms with E-state index in [1.807, 2.05) is 12.1 Å². The summed E-state index contributed by atoms with van der Waals surface area (Å²) in [5.41, 5.74) is 2.84. The zero-order valence-electron chi connectivity index (χ0n) is 19.6. The zero-order valence-corrected chi connectivity index (χ0v) is 22.0. The number of sulfonamides is 1. The first-order valence-electron chi connectivity index (χ1n) is 11.1. The SMILES string of the molecule is Cc1cc(S(=O)(=O)N(C)CCCC(=O)N(C)CCc2ccc(C3=NCCN3)cc2)c(Cl)cc1Cl. The van der Waals surface area contributed by atoms with Crippen LogP contribution < -0.4 is 5.32 Å². The molecule has 2 aromatic carbocycles. The Hall–Kier alpha value is -2.13. The first-order valence-corrected chi connectivity index (χ1v) is 13.3. The number of benzene rings is 2. The van der Waals surface area contributed by atoms with Crippen molar-refractivity contribution < 1.29 is 13.2 Å². The summed E-state index contributed by atoms with van der Waals surface area (Å²) >= 11 is 12.1. The monoisotopic (exact) mass is 524 g/mol. The number of carbonyl (C=O) groups excluding carboxylic acids is 1. The summed E-state index contributed by atoms with van der Waals surface area (Å²) in [6.45, 7) is 4.20. The third kappa shape index (κ3) is 6.50. The van der Waals surface area contributed by atoms with Crippen LogP contribution in [0, 0.1) is 6.92 Å². The summed E-state index contributed by atoms with van der Waals surface area (Å²) < 4.78 is 27.0. The molecule has 0 fully saturated rings. The van der Waals surface area contributed by atoms with Crippen LogP contribution in [0.2, 0.25) is 10.0 Å². The van der Waals surface area contributed by atoms with Crippen molar-refractivity contribution in [3.8, 4) is 0 Å². The molecule has 0 spiro atoms. The second kappa shape index (κ2) is 11.5. The van der Waals surface area contributed by atoms with Crippen LogP contribution in [0.4, 0.5) is 0 Å². The molecule has 1 N–H and O–H groups in total. The molecular formula is C24H30Cl2N4O3S. The van der Waals surface area contributed by atoms with Gasteiger partial charge >= 0.3 is 0 Å². The molecule has 7 nitrogen and oxygen atoms in total. The number of amides is 1. The van der Waals surface area contributed by atoms with E-state index in [9.17, 15) is 13.2 Å². The van der Waals surface area contributed by atoms with Crippen LogP contribution in [-0.4, -0.2) is 69.6 Å². The highest BCUT2D eigenvalue weighted by Crippen LogP contribution is 2.30. The lowest BCUT2D eigenvalue weighted by molar-refractivity contribution is -0.130. The van der Waals surface area contributed by atoms with Crippen molar-refractivity contribution in [2.24, 2.45) is 4.99 Å². The van der Waals surface area contributed by atoms with E-state index in [2.05, 4.69) is 22.4 Å². The van der Waals surface area contributed by atoms with Gasteiger partial charge in [0.05, 0.1) is 11.6 Å². The number of hydrogen-bond acceptors (Lipinski definition) is 5. The molecule has 1 aliphatic heterocycles. The van der Waals surface area contributed by atoms with Crippen molar-refractivity contribution >= 4 is 45.0 Å². The Morgan fingerprint density at radius 3 is 2.44 bits per heavy atom. The average Bonchev–Trinajstić information content (AvgIpc) is 3.34. The normalized spacial score (nSPS) is 13.6. The lowest BCUT2D eigenvalue weighted by atomic mass is 10.1. The van der Waals surface area contributed by atoms with Crippen LogP contribution >= 0.6 is 23.2 Å². The van der Waals surface area contributed by atoms with E-state index in [1.54, 1.807) is 18.9 Å². The fourth-order valence-electron chi connectivity index (χ4n) is 3.60. The minimum Gasteiger partial charge on any atom is -0.368 e. The maximum atomic E-state index is 12.9. The predicted molar refractivity (Wildman–Crippen MR) is 137 cm³/mol. The van der Waals surface area contributed by atoms with Gasteiger partial charge in [-0.3, -0.25) is 9.79 Å². The first kappa shape index (κ1) is 26.5. The van der Waals surface area contributed by atoms with Crippen LogP contribution in [0.3, 0.4) is 0 Å². The maximum absolute atomic E-state index is 12.9. The first-order chi connectivity index (χ1) is 16.1. The Bertz CT molecular complexity index is 1170. The van der Waals surface area contributed by atoms with E-state index < -0.39 is 10.0 Å². The summed E-state index contributed by atoms with van der Waals surface area (Å²) in [6, 6.07) is 11.1. The minimum atomic E-state index is -3.78. The lowest BCUT2D eigenvalue weighted by Gasteiger charge is -2.20. The van der Waals surface area contributed by atoms with Crippen molar-refractivity contribution in [2.45, 2.75) is 31.1 Å². The zero-order chi connectivity index (χ0) is 24.9. The van der Waals surface area contributed by atoms with Crippen LogP contribution in [0.1, 0.15) is 29.5 Å². The van der Waals surface area contributed by atoms with E-state index in [4.69, 9.17) is 23.2 Å². The Morgan fingerprint density at radius 2 is 1.79 bits per heavy atom. The van der Waals surface area contributed by atoms with E-state index in [0.717, 1.165) is 36.5 Å². The van der Waals surface area contributed by atoms with Gasteiger partial charge < -0.3 is 10.2 Å². The number of aryl methyl sites for hydroxylation is 1. The van der Waals surface area contributed by atoms with Gasteiger partial charge in [0.2, 0.25) is 15.9 Å². The third-order valence-corrected chi connectivity index (χ3v) is 8.56. The van der Waals surface area contributed by atoms with Crippen molar-refractivity contribution in [2.75, 3.05) is 40.3 Å². The molecule has 184 valence electrons. The molecule has 0 saturated heterocycles. The van der Waals surface area contributed by atoms with Gasteiger partial charge in [-0.25, -0.2) is 12.7 Å². The smallest absolute Gasteiger partial charge is 0.244 e. The molecule has 1 aliphatic rings. The van der Waals surface area contributed by atoms with Gasteiger partial charge in [0, 0.05) is 50.7 Å². The van der Waals surface area contributed by atoms with Crippen molar-refractivity contribution in [3.63, 3.8) is 0 Å². The van der Waals surface area contributed by atoms with Crippen molar-refractivity contribution in [3.05, 3.63) is 63.1 Å². The number of nitrogens with zero attached hydrogens (tertiary/aromatic N) is 3. The molecule has 0 atom stereocenters. The van der Waals surface area contributed by atoms with Crippen molar-refractivity contribution in [1.82, 2.24) is 14.5 Å². The predicted octanol–water partition coefficient (Wildman–Crippen LogP) is 3.75. The molecule has 0 saturated carbocycles. The molecule has 2 aromatic rings.